The molecule has 0 bridgehead atoms. The lowest BCUT2D eigenvalue weighted by molar-refractivity contribution is -0.120. The number of hydrogen-bond donors (Lipinski definition) is 3. The number of hydrogen-bond acceptors (Lipinski definition) is 6. The highest BCUT2D eigenvalue weighted by molar-refractivity contribution is 7.89. The fourth-order valence-corrected chi connectivity index (χ4v) is 3.00. The first-order valence-corrected chi connectivity index (χ1v) is 8.87. The molecule has 0 saturated heterocycles. The van der Waals surface area contributed by atoms with E-state index >= 15 is 0 Å². The molecule has 2 rings (SSSR count). The summed E-state index contributed by atoms with van der Waals surface area (Å²) in [5, 5.41) is 0. The summed E-state index contributed by atoms with van der Waals surface area (Å²) in [6.45, 7) is 3.48. The maximum atomic E-state index is 12.8. The van der Waals surface area contributed by atoms with Gasteiger partial charge in [-0.25, -0.2) is 27.5 Å². The first kappa shape index (κ1) is 18.7. The van der Waals surface area contributed by atoms with Crippen molar-refractivity contribution in [1.82, 2.24) is 20.1 Å². The molecule has 8 nitrogen and oxygen atoms in total. The van der Waals surface area contributed by atoms with Gasteiger partial charge in [0.1, 0.15) is 5.82 Å². The van der Waals surface area contributed by atoms with Crippen LogP contribution in [0.1, 0.15) is 17.8 Å². The van der Waals surface area contributed by atoms with Gasteiger partial charge in [0.05, 0.1) is 4.90 Å². The Balaban J connectivity index is 1.81. The largest absolute Gasteiger partial charge is 0.273 e. The summed E-state index contributed by atoms with van der Waals surface area (Å²) in [6.07, 6.45) is -0.0990. The molecule has 25 heavy (non-hydrogen) atoms. The van der Waals surface area contributed by atoms with Crippen molar-refractivity contribution in [3.8, 4) is 0 Å². The van der Waals surface area contributed by atoms with Crippen molar-refractivity contribution in [2.45, 2.75) is 25.2 Å². The lowest BCUT2D eigenvalue weighted by Gasteiger charge is -2.09. The van der Waals surface area contributed by atoms with Crippen LogP contribution in [-0.4, -0.2) is 30.8 Å². The standard InChI is InChI=1S/C15H18FN5O3S/c1-10-9-11(2)19-15(18-10)21-20-14(22)7-8-17-25(23,24)13-5-3-12(16)4-6-13/h3-6,9,17H,7-8H2,1-2H3,(H,20,22)(H,18,19,21). The second-order valence-electron chi connectivity index (χ2n) is 5.25. The zero-order valence-electron chi connectivity index (χ0n) is 13.7. The van der Waals surface area contributed by atoms with E-state index in [1.54, 1.807) is 19.9 Å². The summed E-state index contributed by atoms with van der Waals surface area (Å²) in [5.74, 6) is -0.722. The molecule has 134 valence electrons. The van der Waals surface area contributed by atoms with Crippen LogP contribution in [-0.2, 0) is 14.8 Å². The third-order valence-corrected chi connectivity index (χ3v) is 4.54. The molecule has 0 saturated carbocycles. The van der Waals surface area contributed by atoms with Crippen molar-refractivity contribution in [1.29, 1.82) is 0 Å². The Morgan fingerprint density at radius 1 is 1.12 bits per heavy atom. The van der Waals surface area contributed by atoms with Gasteiger partial charge in [0.15, 0.2) is 0 Å². The SMILES string of the molecule is Cc1cc(C)nc(NNC(=O)CCNS(=O)(=O)c2ccc(F)cc2)n1. The third kappa shape index (κ3) is 5.76. The van der Waals surface area contributed by atoms with Crippen LogP contribution in [0.25, 0.3) is 0 Å². The maximum Gasteiger partial charge on any atom is 0.242 e. The fraction of sp³-hybridized carbons (Fsp3) is 0.267. The molecule has 0 spiro atoms. The second kappa shape index (κ2) is 7.99. The molecule has 0 unspecified atom stereocenters. The van der Waals surface area contributed by atoms with Gasteiger partial charge in [0.2, 0.25) is 21.9 Å². The number of nitrogens with zero attached hydrogens (tertiary/aromatic N) is 2. The lowest BCUT2D eigenvalue weighted by Crippen LogP contribution is -2.34. The smallest absolute Gasteiger partial charge is 0.242 e. The summed E-state index contributed by atoms with van der Waals surface area (Å²) in [4.78, 5) is 19.9. The summed E-state index contributed by atoms with van der Waals surface area (Å²) in [5.41, 5.74) is 6.45. The number of anilines is 1. The van der Waals surface area contributed by atoms with Gasteiger partial charge in [-0.05, 0) is 44.2 Å². The molecule has 0 aliphatic carbocycles. The first-order chi connectivity index (χ1) is 11.8. The summed E-state index contributed by atoms with van der Waals surface area (Å²) in [6, 6.07) is 6.19. The first-order valence-electron chi connectivity index (χ1n) is 7.38. The van der Waals surface area contributed by atoms with Crippen molar-refractivity contribution >= 4 is 21.9 Å². The molecule has 3 N–H and O–H groups in total. The lowest BCUT2D eigenvalue weighted by atomic mass is 10.4. The maximum absolute atomic E-state index is 12.8. The number of halogens is 1. The fourth-order valence-electron chi connectivity index (χ4n) is 1.97. The van der Waals surface area contributed by atoms with Gasteiger partial charge in [0, 0.05) is 24.4 Å². The average Bonchev–Trinajstić information content (AvgIpc) is 2.52. The topological polar surface area (TPSA) is 113 Å². The molecular formula is C15H18FN5O3S. The highest BCUT2D eigenvalue weighted by atomic mass is 32.2. The van der Waals surface area contributed by atoms with E-state index < -0.39 is 21.7 Å². The highest BCUT2D eigenvalue weighted by Gasteiger charge is 2.14. The number of nitrogens with one attached hydrogen (secondary N) is 3. The van der Waals surface area contributed by atoms with Crippen molar-refractivity contribution in [2.75, 3.05) is 12.0 Å². The quantitative estimate of drug-likeness (QED) is 0.631. The van der Waals surface area contributed by atoms with Crippen LogP contribution in [0.15, 0.2) is 35.2 Å². The Morgan fingerprint density at radius 2 is 1.72 bits per heavy atom. The molecule has 0 atom stereocenters. The van der Waals surface area contributed by atoms with Gasteiger partial charge in [-0.15, -0.1) is 0 Å². The van der Waals surface area contributed by atoms with Crippen molar-refractivity contribution in [2.24, 2.45) is 0 Å². The minimum atomic E-state index is -3.79. The van der Waals surface area contributed by atoms with Crippen LogP contribution in [0.3, 0.4) is 0 Å². The minimum absolute atomic E-state index is 0.0731. The number of aromatic nitrogens is 2. The molecule has 10 heteroatoms. The number of benzene rings is 1. The molecule has 1 aromatic carbocycles. The predicted octanol–water partition coefficient (Wildman–Crippen LogP) is 1.04. The van der Waals surface area contributed by atoms with E-state index in [0.29, 0.717) is 0 Å². The van der Waals surface area contributed by atoms with E-state index in [-0.39, 0.29) is 23.8 Å². The molecule has 1 heterocycles. The van der Waals surface area contributed by atoms with Gasteiger partial charge in [-0.1, -0.05) is 0 Å². The average molecular weight is 367 g/mol. The summed E-state index contributed by atoms with van der Waals surface area (Å²) in [7, 11) is -3.79. The van der Waals surface area contributed by atoms with E-state index in [2.05, 4.69) is 25.5 Å². The van der Waals surface area contributed by atoms with Gasteiger partial charge in [-0.2, -0.15) is 0 Å². The third-order valence-electron chi connectivity index (χ3n) is 3.06. The minimum Gasteiger partial charge on any atom is -0.273 e. The molecule has 1 amide bonds. The molecule has 0 aliphatic heterocycles. The van der Waals surface area contributed by atoms with Crippen molar-refractivity contribution < 1.29 is 17.6 Å². The van der Waals surface area contributed by atoms with Crippen LogP contribution < -0.4 is 15.6 Å². The molecule has 2 aromatic rings. The number of carbonyl (C=O) groups excluding carboxylic acids is 1. The number of carbonyl (C=O) groups is 1. The Labute approximate surface area is 144 Å². The van der Waals surface area contributed by atoms with Gasteiger partial charge >= 0.3 is 0 Å². The van der Waals surface area contributed by atoms with Crippen LogP contribution in [0.2, 0.25) is 0 Å². The highest BCUT2D eigenvalue weighted by Crippen LogP contribution is 2.09. The summed E-state index contributed by atoms with van der Waals surface area (Å²) >= 11 is 0. The Hall–Kier alpha value is -2.59. The molecular weight excluding hydrogens is 349 g/mol. The van der Waals surface area contributed by atoms with E-state index in [1.807, 2.05) is 0 Å². The zero-order chi connectivity index (χ0) is 18.4. The van der Waals surface area contributed by atoms with Gasteiger partial charge < -0.3 is 0 Å². The number of sulfonamides is 1. The number of amides is 1. The Morgan fingerprint density at radius 3 is 2.32 bits per heavy atom. The zero-order valence-corrected chi connectivity index (χ0v) is 14.5. The number of aryl methyl sites for hydroxylation is 2. The monoisotopic (exact) mass is 367 g/mol. The van der Waals surface area contributed by atoms with Crippen molar-refractivity contribution in [3.63, 3.8) is 0 Å². The summed E-state index contributed by atoms with van der Waals surface area (Å²) < 4.78 is 39.1. The van der Waals surface area contributed by atoms with Crippen LogP contribution in [0.4, 0.5) is 10.3 Å². The predicted molar refractivity (Wildman–Crippen MR) is 89.5 cm³/mol. The van der Waals surface area contributed by atoms with Crippen LogP contribution in [0, 0.1) is 19.7 Å². The van der Waals surface area contributed by atoms with Gasteiger partial charge in [-0.3, -0.25) is 15.6 Å². The Bertz CT molecular complexity index is 836. The molecule has 0 radical (unpaired) electrons. The number of rotatable bonds is 7. The van der Waals surface area contributed by atoms with E-state index in [4.69, 9.17) is 0 Å². The number of hydrazine groups is 1. The Kier molecular flexibility index (Phi) is 5.99. The van der Waals surface area contributed by atoms with Crippen LogP contribution >= 0.6 is 0 Å². The second-order valence-corrected chi connectivity index (χ2v) is 7.02. The van der Waals surface area contributed by atoms with Crippen LogP contribution in [0.5, 0.6) is 0 Å². The van der Waals surface area contributed by atoms with E-state index in [0.717, 1.165) is 35.7 Å². The van der Waals surface area contributed by atoms with E-state index in [1.165, 1.54) is 0 Å². The molecule has 0 aliphatic rings. The van der Waals surface area contributed by atoms with E-state index in [9.17, 15) is 17.6 Å². The van der Waals surface area contributed by atoms with Gasteiger partial charge in [0.25, 0.3) is 0 Å². The molecule has 1 aromatic heterocycles. The molecule has 0 fully saturated rings. The normalized spacial score (nSPS) is 11.2. The van der Waals surface area contributed by atoms with Crippen molar-refractivity contribution in [3.05, 3.63) is 47.5 Å².